The molecule has 0 atom stereocenters. The van der Waals surface area contributed by atoms with Crippen molar-refractivity contribution in [1.82, 2.24) is 20.6 Å². The number of ether oxygens (including phenoxy) is 4. The molecule has 0 unspecified atom stereocenters. The van der Waals surface area contributed by atoms with Gasteiger partial charge in [0.15, 0.2) is 0 Å². The van der Waals surface area contributed by atoms with E-state index in [-0.39, 0.29) is 50.4 Å². The van der Waals surface area contributed by atoms with Gasteiger partial charge < -0.3 is 40.6 Å². The van der Waals surface area contributed by atoms with Gasteiger partial charge in [0, 0.05) is 53.5 Å². The summed E-state index contributed by atoms with van der Waals surface area (Å²) >= 11 is 12.9. The molecule has 6 aromatic rings. The number of fused-ring (bicyclic) bond motifs is 2. The molecule has 7 rings (SSSR count). The van der Waals surface area contributed by atoms with Crippen molar-refractivity contribution in [3.05, 3.63) is 106 Å². The fourth-order valence-corrected chi connectivity index (χ4v) is 6.09. The van der Waals surface area contributed by atoms with Crippen molar-refractivity contribution in [2.45, 2.75) is 18.9 Å². The number of carbonyl (C=O) groups excluding carboxylic acids is 4. The van der Waals surface area contributed by atoms with Gasteiger partial charge in [-0.25, -0.2) is 9.59 Å². The summed E-state index contributed by atoms with van der Waals surface area (Å²) in [7, 11) is 2.80. The van der Waals surface area contributed by atoms with Gasteiger partial charge in [-0.15, -0.1) is 0 Å². The quantitative estimate of drug-likeness (QED) is 0.0853. The number of urea groups is 2. The van der Waals surface area contributed by atoms with Crippen LogP contribution in [0.15, 0.2) is 85.2 Å². The van der Waals surface area contributed by atoms with E-state index in [9.17, 15) is 19.2 Å². The monoisotopic (exact) mass is 795 g/mol. The van der Waals surface area contributed by atoms with E-state index in [4.69, 9.17) is 47.9 Å². The van der Waals surface area contributed by atoms with Crippen molar-refractivity contribution in [3.63, 3.8) is 0 Å². The molecule has 1 aliphatic carbocycles. The summed E-state index contributed by atoms with van der Waals surface area (Å²) in [6.07, 6.45) is 4.96. The first-order valence-electron chi connectivity index (χ1n) is 16.9. The average Bonchev–Trinajstić information content (AvgIpc) is 4.00. The maximum Gasteiger partial charge on any atom is 0.326 e. The number of methoxy groups -OCH3 is 2. The normalized spacial score (nSPS) is 12.1. The first-order valence-corrected chi connectivity index (χ1v) is 17.6. The molecule has 6 amide bonds. The number of aromatic nitrogens is 2. The summed E-state index contributed by atoms with van der Waals surface area (Å²) in [6.45, 7) is 0. The Bertz CT molecular complexity index is 2570. The molecule has 0 aliphatic heterocycles. The van der Waals surface area contributed by atoms with Crippen molar-refractivity contribution in [1.29, 1.82) is 0 Å². The molecular weight excluding hydrogens is 765 g/mol. The molecule has 0 bridgehead atoms. The third kappa shape index (κ3) is 8.28. The van der Waals surface area contributed by atoms with Crippen molar-refractivity contribution in [2.75, 3.05) is 24.9 Å². The number of carbonyl (C=O) groups is 4. The molecule has 1 fully saturated rings. The van der Waals surface area contributed by atoms with Gasteiger partial charge in [0.05, 0.1) is 57.8 Å². The molecule has 4 aromatic carbocycles. The Balaban J connectivity index is 1.05. The number of nitrogens with zero attached hydrogens (tertiary/aromatic N) is 2. The summed E-state index contributed by atoms with van der Waals surface area (Å²) in [5, 5.41) is 11.7. The molecule has 1 saturated carbocycles. The standard InChI is InChI=1S/C39H31Cl2N7O8/c1-53-34-17-30-22(15-24(34)36(42)49)32(9-11-43-30)55-20-6-8-29(27(41)14-20)47-39(52)48-37(50)25-16-23-31(18-35(25)54-2)44-12-10-33(23)56-21-5-7-28(26(40)13-21)46-38(51)45-19-3-4-19/h5-19H,3-4H2,1-2H3,(H2,42,49)(H2,45,46,51)(H2,47,48,50,52). The van der Waals surface area contributed by atoms with Crippen LogP contribution < -0.4 is 45.9 Å². The molecular formula is C39H31Cl2N7O8. The zero-order chi connectivity index (χ0) is 39.5. The summed E-state index contributed by atoms with van der Waals surface area (Å²) in [4.78, 5) is 59.4. The lowest BCUT2D eigenvalue weighted by Crippen LogP contribution is -2.34. The van der Waals surface area contributed by atoms with E-state index in [0.717, 1.165) is 12.8 Å². The molecule has 56 heavy (non-hydrogen) atoms. The smallest absolute Gasteiger partial charge is 0.326 e. The molecule has 284 valence electrons. The molecule has 0 spiro atoms. The lowest BCUT2D eigenvalue weighted by atomic mass is 10.1. The van der Waals surface area contributed by atoms with Gasteiger partial charge >= 0.3 is 12.1 Å². The minimum atomic E-state index is -0.877. The lowest BCUT2D eigenvalue weighted by molar-refractivity contribution is 0.0962. The Labute approximate surface area is 328 Å². The summed E-state index contributed by atoms with van der Waals surface area (Å²) < 4.78 is 22.9. The number of halogens is 2. The van der Waals surface area contributed by atoms with Gasteiger partial charge in [-0.1, -0.05) is 23.2 Å². The van der Waals surface area contributed by atoms with E-state index in [0.29, 0.717) is 50.5 Å². The third-order valence-corrected chi connectivity index (χ3v) is 9.15. The van der Waals surface area contributed by atoms with Gasteiger partial charge in [-0.2, -0.15) is 0 Å². The molecule has 0 saturated heterocycles. The number of nitrogens with two attached hydrogens (primary N) is 1. The van der Waals surface area contributed by atoms with Gasteiger partial charge in [0.1, 0.15) is 34.5 Å². The Morgan fingerprint density at radius 2 is 1.16 bits per heavy atom. The van der Waals surface area contributed by atoms with E-state index in [1.54, 1.807) is 48.5 Å². The fraction of sp³-hybridized carbons (Fsp3) is 0.128. The van der Waals surface area contributed by atoms with Crippen LogP contribution in [-0.4, -0.2) is 54.1 Å². The van der Waals surface area contributed by atoms with Crippen LogP contribution in [0.4, 0.5) is 21.0 Å². The highest BCUT2D eigenvalue weighted by atomic mass is 35.5. The van der Waals surface area contributed by atoms with Crippen LogP contribution in [0.5, 0.6) is 34.5 Å². The fourth-order valence-electron chi connectivity index (χ4n) is 5.65. The number of hydrogen-bond donors (Lipinski definition) is 5. The van der Waals surface area contributed by atoms with Gasteiger partial charge in [-0.05, 0) is 61.4 Å². The number of rotatable bonds is 11. The second-order valence-corrected chi connectivity index (χ2v) is 13.2. The van der Waals surface area contributed by atoms with E-state index in [2.05, 4.69) is 31.2 Å². The van der Waals surface area contributed by atoms with Crippen LogP contribution in [0.2, 0.25) is 10.0 Å². The van der Waals surface area contributed by atoms with Crippen molar-refractivity contribution in [2.24, 2.45) is 5.73 Å². The number of pyridine rings is 2. The number of amides is 6. The van der Waals surface area contributed by atoms with Gasteiger partial charge in [0.2, 0.25) is 0 Å². The van der Waals surface area contributed by atoms with Crippen LogP contribution in [0.25, 0.3) is 21.8 Å². The summed E-state index contributed by atoms with van der Waals surface area (Å²) in [5.41, 5.74) is 7.24. The maximum absolute atomic E-state index is 13.5. The van der Waals surface area contributed by atoms with Crippen molar-refractivity contribution < 1.29 is 38.1 Å². The number of hydrogen-bond acceptors (Lipinski definition) is 10. The molecule has 6 N–H and O–H groups in total. The van der Waals surface area contributed by atoms with Gasteiger partial charge in [-0.3, -0.25) is 24.9 Å². The highest BCUT2D eigenvalue weighted by Crippen LogP contribution is 2.37. The molecule has 1 aliphatic rings. The largest absolute Gasteiger partial charge is 0.496 e. The number of benzene rings is 4. The molecule has 15 nitrogen and oxygen atoms in total. The minimum Gasteiger partial charge on any atom is -0.496 e. The molecule has 0 radical (unpaired) electrons. The molecule has 17 heteroatoms. The maximum atomic E-state index is 13.5. The topological polar surface area (TPSA) is 205 Å². The average molecular weight is 797 g/mol. The van der Waals surface area contributed by atoms with Crippen molar-refractivity contribution in [3.8, 4) is 34.5 Å². The summed E-state index contributed by atoms with van der Waals surface area (Å²) in [5.74, 6) is 0.313. The molecule has 2 heterocycles. The minimum absolute atomic E-state index is 0.0174. The molecule has 2 aromatic heterocycles. The zero-order valence-corrected chi connectivity index (χ0v) is 31.1. The predicted octanol–water partition coefficient (Wildman–Crippen LogP) is 8.04. The highest BCUT2D eigenvalue weighted by Gasteiger charge is 2.24. The number of nitrogens with one attached hydrogen (secondary N) is 4. The number of imide groups is 1. The zero-order valence-electron chi connectivity index (χ0n) is 29.6. The summed E-state index contributed by atoms with van der Waals surface area (Å²) in [6, 6.07) is 17.6. The highest BCUT2D eigenvalue weighted by molar-refractivity contribution is 6.34. The van der Waals surface area contributed by atoms with Crippen LogP contribution in [0.3, 0.4) is 0 Å². The lowest BCUT2D eigenvalue weighted by Gasteiger charge is -2.15. The Kier molecular flexibility index (Phi) is 10.6. The number of primary amides is 1. The predicted molar refractivity (Wildman–Crippen MR) is 210 cm³/mol. The second kappa shape index (κ2) is 15.9. The van der Waals surface area contributed by atoms with E-state index in [1.807, 2.05) is 0 Å². The van der Waals surface area contributed by atoms with Crippen LogP contribution >= 0.6 is 23.2 Å². The Morgan fingerprint density at radius 1 is 0.661 bits per heavy atom. The Hall–Kier alpha value is -6.84. The van der Waals surface area contributed by atoms with Crippen molar-refractivity contribution >= 4 is 80.3 Å². The first kappa shape index (κ1) is 37.5. The van der Waals surface area contributed by atoms with Crippen LogP contribution in [-0.2, 0) is 0 Å². The van der Waals surface area contributed by atoms with Crippen LogP contribution in [0, 0.1) is 0 Å². The number of anilines is 2. The SMILES string of the molecule is COc1cc2nccc(Oc3ccc(NC(=O)NC(=O)c4cc5c(Oc6ccc(NC(=O)NC7CC7)c(Cl)c6)ccnc5cc4OC)c(Cl)c3)c2cc1C(N)=O. The van der Waals surface area contributed by atoms with E-state index < -0.39 is 17.8 Å². The Morgan fingerprint density at radius 3 is 1.64 bits per heavy atom. The van der Waals surface area contributed by atoms with E-state index in [1.165, 1.54) is 50.9 Å². The first-order chi connectivity index (χ1) is 27.0. The second-order valence-electron chi connectivity index (χ2n) is 12.4. The van der Waals surface area contributed by atoms with E-state index >= 15 is 0 Å². The third-order valence-electron chi connectivity index (χ3n) is 8.53. The van der Waals surface area contributed by atoms with Gasteiger partial charge in [0.25, 0.3) is 11.8 Å². The van der Waals surface area contributed by atoms with Crippen LogP contribution in [0.1, 0.15) is 33.6 Å².